The lowest BCUT2D eigenvalue weighted by Gasteiger charge is -2.15. The first-order chi connectivity index (χ1) is 9.83. The number of rotatable bonds is 3. The van der Waals surface area contributed by atoms with Gasteiger partial charge >= 0.3 is 6.09 Å². The van der Waals surface area contributed by atoms with Crippen LogP contribution in [0.15, 0.2) is 30.3 Å². The summed E-state index contributed by atoms with van der Waals surface area (Å²) >= 11 is 0. The van der Waals surface area contributed by atoms with E-state index < -0.39 is 0 Å². The third kappa shape index (κ3) is 2.76. The number of carbonyl (C=O) groups is 1. The Hall–Kier alpha value is -2.44. The fourth-order valence-corrected chi connectivity index (χ4v) is 2.29. The molecule has 1 aliphatic heterocycles. The van der Waals surface area contributed by atoms with Gasteiger partial charge in [0.2, 0.25) is 0 Å². The highest BCUT2D eigenvalue weighted by Crippen LogP contribution is 2.24. The van der Waals surface area contributed by atoms with Gasteiger partial charge in [-0.05, 0) is 12.0 Å². The fraction of sp³-hybridized carbons (Fsp3) is 0.385. The summed E-state index contributed by atoms with van der Waals surface area (Å²) in [5, 5.41) is 13.9. The Labute approximate surface area is 115 Å². The molecular formula is C13H15N5O2. The smallest absolute Gasteiger partial charge is 0.410 e. The van der Waals surface area contributed by atoms with E-state index >= 15 is 0 Å². The highest BCUT2D eigenvalue weighted by Gasteiger charge is 2.30. The average molecular weight is 273 g/mol. The summed E-state index contributed by atoms with van der Waals surface area (Å²) in [7, 11) is 0. The van der Waals surface area contributed by atoms with E-state index in [4.69, 9.17) is 4.74 Å². The molecule has 1 fully saturated rings. The second-order valence-corrected chi connectivity index (χ2v) is 4.74. The fourth-order valence-electron chi connectivity index (χ4n) is 2.29. The number of hydrogen-bond donors (Lipinski definition) is 1. The summed E-state index contributed by atoms with van der Waals surface area (Å²) in [6, 6.07) is 9.64. The van der Waals surface area contributed by atoms with Crippen LogP contribution in [-0.2, 0) is 11.3 Å². The number of tetrazole rings is 1. The number of aromatic amines is 1. The average Bonchev–Trinajstić information content (AvgIpc) is 3.16. The summed E-state index contributed by atoms with van der Waals surface area (Å²) in [6.07, 6.45) is 0.541. The van der Waals surface area contributed by atoms with Gasteiger partial charge < -0.3 is 9.64 Å². The highest BCUT2D eigenvalue weighted by molar-refractivity contribution is 5.68. The van der Waals surface area contributed by atoms with Crippen LogP contribution in [0.25, 0.3) is 0 Å². The molecule has 20 heavy (non-hydrogen) atoms. The van der Waals surface area contributed by atoms with Crippen LogP contribution in [0.2, 0.25) is 0 Å². The molecule has 7 heteroatoms. The third-order valence-corrected chi connectivity index (χ3v) is 3.38. The molecule has 1 aliphatic rings. The van der Waals surface area contributed by atoms with E-state index in [1.807, 2.05) is 30.3 Å². The van der Waals surface area contributed by atoms with Crippen molar-refractivity contribution in [1.82, 2.24) is 25.5 Å². The minimum absolute atomic E-state index is 0.137. The predicted octanol–water partition coefficient (Wildman–Crippen LogP) is 1.33. The van der Waals surface area contributed by atoms with E-state index in [1.54, 1.807) is 4.90 Å². The number of carbonyl (C=O) groups excluding carboxylic acids is 1. The molecule has 3 rings (SSSR count). The van der Waals surface area contributed by atoms with Crippen LogP contribution < -0.4 is 0 Å². The quantitative estimate of drug-likeness (QED) is 0.912. The van der Waals surface area contributed by atoms with Gasteiger partial charge in [0.15, 0.2) is 5.82 Å². The van der Waals surface area contributed by atoms with E-state index in [0.29, 0.717) is 25.5 Å². The van der Waals surface area contributed by atoms with Crippen molar-refractivity contribution in [2.75, 3.05) is 13.1 Å². The Morgan fingerprint density at radius 3 is 3.00 bits per heavy atom. The van der Waals surface area contributed by atoms with Crippen molar-refractivity contribution >= 4 is 6.09 Å². The summed E-state index contributed by atoms with van der Waals surface area (Å²) in [6.45, 7) is 1.53. The van der Waals surface area contributed by atoms with Crippen LogP contribution in [0.5, 0.6) is 0 Å². The maximum Gasteiger partial charge on any atom is 0.410 e. The molecule has 0 aliphatic carbocycles. The van der Waals surface area contributed by atoms with E-state index in [-0.39, 0.29) is 12.0 Å². The number of aromatic nitrogens is 4. The van der Waals surface area contributed by atoms with Crippen LogP contribution in [0.1, 0.15) is 23.7 Å². The SMILES string of the molecule is O=C(OCc1ccccc1)N1CC[C@@H](c2nn[nH]n2)C1. The maximum absolute atomic E-state index is 12.0. The van der Waals surface area contributed by atoms with E-state index in [9.17, 15) is 4.79 Å². The molecular weight excluding hydrogens is 258 g/mol. The normalized spacial score (nSPS) is 18.2. The zero-order valence-corrected chi connectivity index (χ0v) is 10.9. The topological polar surface area (TPSA) is 84.0 Å². The van der Waals surface area contributed by atoms with Crippen molar-refractivity contribution in [3.8, 4) is 0 Å². The number of H-pyrrole nitrogens is 1. The largest absolute Gasteiger partial charge is 0.445 e. The first kappa shape index (κ1) is 12.6. The zero-order chi connectivity index (χ0) is 13.8. The van der Waals surface area contributed by atoms with Crippen molar-refractivity contribution in [3.05, 3.63) is 41.7 Å². The monoisotopic (exact) mass is 273 g/mol. The molecule has 0 spiro atoms. The lowest BCUT2D eigenvalue weighted by molar-refractivity contribution is 0.104. The molecule has 1 atom stereocenters. The van der Waals surface area contributed by atoms with Gasteiger partial charge in [0.1, 0.15) is 6.61 Å². The van der Waals surface area contributed by atoms with Crippen LogP contribution >= 0.6 is 0 Å². The van der Waals surface area contributed by atoms with Gasteiger partial charge in [-0.2, -0.15) is 5.21 Å². The van der Waals surface area contributed by atoms with E-state index in [0.717, 1.165) is 12.0 Å². The number of amides is 1. The molecule has 1 saturated heterocycles. The second kappa shape index (κ2) is 5.68. The summed E-state index contributed by atoms with van der Waals surface area (Å²) < 4.78 is 5.30. The number of nitrogens with zero attached hydrogens (tertiary/aromatic N) is 4. The van der Waals surface area contributed by atoms with Gasteiger partial charge in [-0.15, -0.1) is 10.2 Å². The van der Waals surface area contributed by atoms with Crippen LogP contribution in [0, 0.1) is 0 Å². The molecule has 0 unspecified atom stereocenters. The molecule has 2 heterocycles. The predicted molar refractivity (Wildman–Crippen MR) is 69.7 cm³/mol. The van der Waals surface area contributed by atoms with E-state index in [2.05, 4.69) is 20.6 Å². The lowest BCUT2D eigenvalue weighted by Crippen LogP contribution is -2.29. The Morgan fingerprint density at radius 2 is 2.25 bits per heavy atom. The Morgan fingerprint density at radius 1 is 1.40 bits per heavy atom. The highest BCUT2D eigenvalue weighted by atomic mass is 16.6. The molecule has 0 radical (unpaired) electrons. The van der Waals surface area contributed by atoms with Crippen LogP contribution in [-0.4, -0.2) is 44.7 Å². The van der Waals surface area contributed by atoms with Crippen molar-refractivity contribution in [1.29, 1.82) is 0 Å². The van der Waals surface area contributed by atoms with Crippen molar-refractivity contribution in [3.63, 3.8) is 0 Å². The Balaban J connectivity index is 1.51. The van der Waals surface area contributed by atoms with E-state index in [1.165, 1.54) is 0 Å². The van der Waals surface area contributed by atoms with Gasteiger partial charge in [-0.1, -0.05) is 35.5 Å². The first-order valence-electron chi connectivity index (χ1n) is 6.52. The minimum Gasteiger partial charge on any atom is -0.445 e. The lowest BCUT2D eigenvalue weighted by atomic mass is 10.1. The van der Waals surface area contributed by atoms with Gasteiger partial charge in [0.05, 0.1) is 0 Å². The molecule has 1 aromatic heterocycles. The van der Waals surface area contributed by atoms with Crippen molar-refractivity contribution in [2.45, 2.75) is 18.9 Å². The summed E-state index contributed by atoms with van der Waals surface area (Å²) in [5.41, 5.74) is 0.981. The number of nitrogens with one attached hydrogen (secondary N) is 1. The van der Waals surface area contributed by atoms with Crippen molar-refractivity contribution < 1.29 is 9.53 Å². The number of likely N-dealkylation sites (tertiary alicyclic amines) is 1. The standard InChI is InChI=1S/C13H15N5O2/c19-13(20-9-10-4-2-1-3-5-10)18-7-6-11(8-18)12-14-16-17-15-12/h1-5,11H,6-9H2,(H,14,15,16,17)/t11-/m1/s1. The third-order valence-electron chi connectivity index (χ3n) is 3.38. The molecule has 104 valence electrons. The number of benzene rings is 1. The van der Waals surface area contributed by atoms with Gasteiger partial charge in [-0.3, -0.25) is 0 Å². The first-order valence-corrected chi connectivity index (χ1v) is 6.52. The zero-order valence-electron chi connectivity index (χ0n) is 10.9. The summed E-state index contributed by atoms with van der Waals surface area (Å²) in [4.78, 5) is 13.7. The summed E-state index contributed by atoms with van der Waals surface area (Å²) in [5.74, 6) is 0.793. The van der Waals surface area contributed by atoms with Crippen molar-refractivity contribution in [2.24, 2.45) is 0 Å². The molecule has 0 saturated carbocycles. The second-order valence-electron chi connectivity index (χ2n) is 4.74. The molecule has 1 aromatic carbocycles. The molecule has 2 aromatic rings. The van der Waals surface area contributed by atoms with Gasteiger partial charge in [0, 0.05) is 19.0 Å². The maximum atomic E-state index is 12.0. The van der Waals surface area contributed by atoms with Gasteiger partial charge in [-0.25, -0.2) is 4.79 Å². The van der Waals surface area contributed by atoms with Gasteiger partial charge in [0.25, 0.3) is 0 Å². The van der Waals surface area contributed by atoms with Crippen LogP contribution in [0.4, 0.5) is 4.79 Å². The number of ether oxygens (including phenoxy) is 1. The molecule has 7 nitrogen and oxygen atoms in total. The minimum atomic E-state index is -0.292. The number of hydrogen-bond acceptors (Lipinski definition) is 5. The molecule has 0 bridgehead atoms. The molecule has 1 N–H and O–H groups in total. The Kier molecular flexibility index (Phi) is 3.58. The Bertz CT molecular complexity index is 557. The van der Waals surface area contributed by atoms with Crippen LogP contribution in [0.3, 0.4) is 0 Å². The molecule has 1 amide bonds.